The summed E-state index contributed by atoms with van der Waals surface area (Å²) in [6.45, 7) is 0. The normalized spacial score (nSPS) is 7.38. The Bertz CT molecular complexity index is 62.2. The molecule has 0 atom stereocenters. The summed E-state index contributed by atoms with van der Waals surface area (Å²) in [7, 11) is -5.39. The maximum Gasteiger partial charge on any atom is 2.00 e. The molecule has 5 nitrogen and oxygen atoms in total. The van der Waals surface area contributed by atoms with Crippen LogP contribution in [-0.4, -0.2) is 0 Å². The Morgan fingerprint density at radius 2 is 1.12 bits per heavy atom. The van der Waals surface area contributed by atoms with Crippen molar-refractivity contribution in [3.8, 4) is 0 Å². The third-order valence-corrected chi connectivity index (χ3v) is 0. The maximum absolute atomic E-state index is 8.55. The van der Waals surface area contributed by atoms with Gasteiger partial charge in [-0.3, -0.25) is 0 Å². The van der Waals surface area contributed by atoms with Crippen LogP contribution in [0.1, 0.15) is 0 Å². The van der Waals surface area contributed by atoms with E-state index in [0.717, 1.165) is 0 Å². The van der Waals surface area contributed by atoms with Crippen LogP contribution in [0.4, 0.5) is 0 Å². The zero-order valence-corrected chi connectivity index (χ0v) is 6.99. The van der Waals surface area contributed by atoms with Gasteiger partial charge in [0.15, 0.2) is 0 Å². The maximum atomic E-state index is 8.55. The number of rotatable bonds is 0. The number of phosphoric acid groups is 1. The van der Waals surface area contributed by atoms with Crippen LogP contribution >= 0.6 is 7.82 Å². The Kier molecular flexibility index (Phi) is 23.3. The first-order valence-corrected chi connectivity index (χ1v) is 2.19. The molecule has 0 aliphatic carbocycles. The van der Waals surface area contributed by atoms with Gasteiger partial charge in [-0.2, -0.15) is 7.82 Å². The molecule has 0 fully saturated rings. The predicted octanol–water partition coefficient (Wildman–Crippen LogP) is -2.45. The zero-order chi connectivity index (χ0) is 4.50. The molecule has 8 heteroatoms. The van der Waals surface area contributed by atoms with Gasteiger partial charge in [0.05, 0.1) is 0 Å². The van der Waals surface area contributed by atoms with Crippen molar-refractivity contribution in [3.05, 3.63) is 0 Å². The van der Waals surface area contributed by atoms with Gasteiger partial charge in [-0.25, -0.2) is 0 Å². The Balaban J connectivity index is -0.0000000267. The topological polar surface area (TPSA) is 123 Å². The quantitative estimate of drug-likeness (QED) is 0.362. The van der Waals surface area contributed by atoms with Crippen molar-refractivity contribution >= 4 is 7.82 Å². The monoisotopic (exact) mass is 224 g/mol. The van der Waals surface area contributed by atoms with Crippen molar-refractivity contribution in [2.75, 3.05) is 0 Å². The molecule has 0 aromatic heterocycles. The molecule has 0 spiro atoms. The van der Waals surface area contributed by atoms with E-state index in [1.807, 2.05) is 0 Å². The van der Waals surface area contributed by atoms with Gasteiger partial charge in [0.2, 0.25) is 0 Å². The summed E-state index contributed by atoms with van der Waals surface area (Å²) in [5.41, 5.74) is 0. The van der Waals surface area contributed by atoms with Crippen molar-refractivity contribution in [1.29, 1.82) is 0 Å². The molecule has 0 aromatic rings. The molecular formula is H4FeMnNO4P. The van der Waals surface area contributed by atoms with Crippen LogP contribution in [0.2, 0.25) is 0 Å². The average Bonchev–Trinajstić information content (AvgIpc) is 0.722. The van der Waals surface area contributed by atoms with Gasteiger partial charge in [-0.1, -0.05) is 0 Å². The molecular weight excluding hydrogens is 220 g/mol. The van der Waals surface area contributed by atoms with Crippen LogP contribution in [0.15, 0.2) is 0 Å². The molecule has 0 saturated carbocycles. The minimum absolute atomic E-state index is 0. The van der Waals surface area contributed by atoms with Crippen LogP contribution in [0.3, 0.4) is 0 Å². The van der Waals surface area contributed by atoms with Crippen molar-refractivity contribution in [2.24, 2.45) is 0 Å². The molecule has 0 unspecified atom stereocenters. The molecule has 0 aromatic carbocycles. The number of hydrogen-bond donors (Lipinski definition) is 1. The summed E-state index contributed by atoms with van der Waals surface area (Å²) < 4.78 is 8.55. The molecule has 8 heavy (non-hydrogen) atoms. The van der Waals surface area contributed by atoms with E-state index in [0.29, 0.717) is 0 Å². The zero-order valence-electron chi connectivity index (χ0n) is 3.81. The first-order valence-electron chi connectivity index (χ1n) is 0.730. The molecule has 53 valence electrons. The van der Waals surface area contributed by atoms with E-state index in [9.17, 15) is 0 Å². The predicted molar refractivity (Wildman–Crippen MR) is 13.6 cm³/mol. The Morgan fingerprint density at radius 1 is 1.12 bits per heavy atom. The second-order valence-corrected chi connectivity index (χ2v) is 1.34. The summed E-state index contributed by atoms with van der Waals surface area (Å²) in [4.78, 5) is 25.6. The van der Waals surface area contributed by atoms with Crippen LogP contribution in [-0.2, 0) is 38.7 Å². The molecule has 0 saturated heterocycles. The number of quaternary nitrogens is 1. The van der Waals surface area contributed by atoms with Crippen molar-refractivity contribution in [3.63, 3.8) is 0 Å². The molecule has 0 aliphatic heterocycles. The van der Waals surface area contributed by atoms with Crippen LogP contribution in [0.5, 0.6) is 0 Å². The summed E-state index contributed by atoms with van der Waals surface area (Å²) in [6, 6.07) is 0. The van der Waals surface area contributed by atoms with Crippen LogP contribution in [0, 0.1) is 0 Å². The smallest absolute Gasteiger partial charge is 0.822 e. The Morgan fingerprint density at radius 3 is 1.12 bits per heavy atom. The van der Waals surface area contributed by atoms with Gasteiger partial charge in [0.1, 0.15) is 0 Å². The Hall–Kier alpha value is 1.11. The van der Waals surface area contributed by atoms with Gasteiger partial charge in [0, 0.05) is 17.1 Å². The molecule has 0 amide bonds. The second-order valence-electron chi connectivity index (χ2n) is 0.447. The first kappa shape index (κ1) is 22.9. The number of hydrogen-bond acceptors (Lipinski definition) is 4. The van der Waals surface area contributed by atoms with Gasteiger partial charge in [0.25, 0.3) is 0 Å². The second kappa shape index (κ2) is 8.11. The Labute approximate surface area is 67.6 Å². The molecule has 4 N–H and O–H groups in total. The standard InChI is InChI=1S/Fe.Mn.H3N.H3O4P/c;;;1-5(2,3)4/h;;1H3;(H3,1,2,3,4)/q;+2;;/p-2. The summed E-state index contributed by atoms with van der Waals surface area (Å²) >= 11 is 0. The molecule has 1 radical (unpaired) electrons. The molecule has 0 bridgehead atoms. The fraction of sp³-hybridized carbons (Fsp3) is 0. The van der Waals surface area contributed by atoms with Gasteiger partial charge < -0.3 is 25.4 Å². The molecule has 0 aliphatic rings. The third kappa shape index (κ3) is 216. The van der Waals surface area contributed by atoms with E-state index in [1.54, 1.807) is 0 Å². The van der Waals surface area contributed by atoms with E-state index < -0.39 is 7.82 Å². The first-order chi connectivity index (χ1) is 2.00. The van der Waals surface area contributed by atoms with Gasteiger partial charge in [-0.05, 0) is 0 Å². The largest absolute Gasteiger partial charge is 2.00 e. The molecule has 0 heterocycles. The van der Waals surface area contributed by atoms with E-state index in [2.05, 4.69) is 0 Å². The van der Waals surface area contributed by atoms with Crippen molar-refractivity contribution in [1.82, 2.24) is 6.15 Å². The minimum atomic E-state index is -5.39. The third-order valence-electron chi connectivity index (χ3n) is 0. The van der Waals surface area contributed by atoms with E-state index >= 15 is 0 Å². The fourth-order valence-corrected chi connectivity index (χ4v) is 0. The summed E-state index contributed by atoms with van der Waals surface area (Å²) in [5, 5.41) is 0. The van der Waals surface area contributed by atoms with Crippen molar-refractivity contribution in [2.45, 2.75) is 0 Å². The molecule has 0 rings (SSSR count). The SMILES string of the molecule is O=P([O-])([O-])[O-].[Fe].[Mn+2].[NH4+]. The van der Waals surface area contributed by atoms with Crippen LogP contribution in [0.25, 0.3) is 0 Å². The minimum Gasteiger partial charge on any atom is -0.822 e. The summed E-state index contributed by atoms with van der Waals surface area (Å²) in [5.74, 6) is 0. The fourth-order valence-electron chi connectivity index (χ4n) is 0. The van der Waals surface area contributed by atoms with Crippen LogP contribution < -0.4 is 20.8 Å². The van der Waals surface area contributed by atoms with Gasteiger partial charge >= 0.3 is 17.1 Å². The summed E-state index contributed by atoms with van der Waals surface area (Å²) in [6.07, 6.45) is 0. The van der Waals surface area contributed by atoms with Gasteiger partial charge in [-0.15, -0.1) is 0 Å². The van der Waals surface area contributed by atoms with E-state index in [1.165, 1.54) is 0 Å². The van der Waals surface area contributed by atoms with E-state index in [4.69, 9.17) is 19.2 Å². The average molecular weight is 224 g/mol. The van der Waals surface area contributed by atoms with E-state index in [-0.39, 0.29) is 40.3 Å². The van der Waals surface area contributed by atoms with Crippen molar-refractivity contribution < 1.29 is 53.4 Å².